The highest BCUT2D eigenvalue weighted by Gasteiger charge is 2.41. The molecule has 39 heavy (non-hydrogen) atoms. The second kappa shape index (κ2) is 15.5. The van der Waals surface area contributed by atoms with Crippen LogP contribution in [0.25, 0.3) is 0 Å². The minimum Gasteiger partial charge on any atom is -0.352 e. The summed E-state index contributed by atoms with van der Waals surface area (Å²) in [7, 11) is 0. The predicted molar refractivity (Wildman–Crippen MR) is 155 cm³/mol. The molecule has 0 radical (unpaired) electrons. The Bertz CT molecular complexity index is 1170. The largest absolute Gasteiger partial charge is 0.352 e. The van der Waals surface area contributed by atoms with Crippen molar-refractivity contribution in [2.45, 2.75) is 65.6 Å². The molecule has 6 nitrogen and oxygen atoms in total. The molecule has 206 valence electrons. The molecule has 1 atom stereocenters. The van der Waals surface area contributed by atoms with Crippen molar-refractivity contribution in [3.05, 3.63) is 108 Å². The smallest absolute Gasteiger partial charge is 0.226 e. The van der Waals surface area contributed by atoms with Gasteiger partial charge in [-0.1, -0.05) is 105 Å². The van der Waals surface area contributed by atoms with Gasteiger partial charge in [-0.3, -0.25) is 14.4 Å². The number of hydrogen-bond acceptors (Lipinski definition) is 3. The third kappa shape index (κ3) is 9.71. The van der Waals surface area contributed by atoms with Gasteiger partial charge in [-0.2, -0.15) is 0 Å². The molecule has 0 saturated heterocycles. The lowest BCUT2D eigenvalue weighted by Gasteiger charge is -2.36. The molecule has 0 aromatic heterocycles. The summed E-state index contributed by atoms with van der Waals surface area (Å²) < 4.78 is 0. The Morgan fingerprint density at radius 2 is 1.00 bits per heavy atom. The summed E-state index contributed by atoms with van der Waals surface area (Å²) in [5.41, 5.74) is 2.33. The monoisotopic (exact) mass is 527 g/mol. The van der Waals surface area contributed by atoms with Crippen LogP contribution in [-0.4, -0.2) is 17.7 Å². The minimum atomic E-state index is -0.765. The standard InChI is InChI=1S/C33H41N3O3/c1-26(2)33(32(39)36-25-29-17-10-5-11-18-29,22-20-31(38)35-24-28-15-8-4-9-16-28)21-12-19-30(37)34-23-27-13-6-3-7-14-27/h3-11,13-18,26H,12,19-25H2,1-2H3,(H,34,37)(H,35,38)(H,36,39). The van der Waals surface area contributed by atoms with Gasteiger partial charge in [0, 0.05) is 32.5 Å². The van der Waals surface area contributed by atoms with E-state index in [9.17, 15) is 14.4 Å². The summed E-state index contributed by atoms with van der Waals surface area (Å²) in [4.78, 5) is 39.1. The fourth-order valence-corrected chi connectivity index (χ4v) is 4.82. The number of carbonyl (C=O) groups is 3. The zero-order valence-corrected chi connectivity index (χ0v) is 23.1. The summed E-state index contributed by atoms with van der Waals surface area (Å²) in [5, 5.41) is 9.06. The maximum atomic E-state index is 13.7. The molecule has 0 aliphatic carbocycles. The zero-order valence-electron chi connectivity index (χ0n) is 23.1. The van der Waals surface area contributed by atoms with Crippen LogP contribution in [0, 0.1) is 11.3 Å². The van der Waals surface area contributed by atoms with Crippen LogP contribution in [0.2, 0.25) is 0 Å². The Labute approximate surface area is 232 Å². The van der Waals surface area contributed by atoms with Crippen molar-refractivity contribution < 1.29 is 14.4 Å². The first-order valence-corrected chi connectivity index (χ1v) is 13.8. The minimum absolute atomic E-state index is 0.0115. The lowest BCUT2D eigenvalue weighted by atomic mass is 9.69. The average Bonchev–Trinajstić information content (AvgIpc) is 2.97. The molecular weight excluding hydrogens is 486 g/mol. The molecule has 6 heteroatoms. The number of amides is 3. The Morgan fingerprint density at radius 3 is 1.44 bits per heavy atom. The molecule has 0 bridgehead atoms. The van der Waals surface area contributed by atoms with Gasteiger partial charge in [0.05, 0.1) is 5.41 Å². The van der Waals surface area contributed by atoms with Crippen molar-refractivity contribution in [2.75, 3.05) is 0 Å². The van der Waals surface area contributed by atoms with Crippen LogP contribution in [0.1, 0.15) is 62.6 Å². The summed E-state index contributed by atoms with van der Waals surface area (Å²) in [5.74, 6) is -0.202. The van der Waals surface area contributed by atoms with Gasteiger partial charge >= 0.3 is 0 Å². The van der Waals surface area contributed by atoms with E-state index in [0.29, 0.717) is 45.3 Å². The lowest BCUT2D eigenvalue weighted by molar-refractivity contribution is -0.136. The number of carbonyl (C=O) groups excluding carboxylic acids is 3. The molecule has 0 spiro atoms. The van der Waals surface area contributed by atoms with Crippen LogP contribution in [0.3, 0.4) is 0 Å². The van der Waals surface area contributed by atoms with E-state index in [2.05, 4.69) is 16.0 Å². The van der Waals surface area contributed by atoms with Crippen molar-refractivity contribution in [2.24, 2.45) is 11.3 Å². The number of hydrogen-bond donors (Lipinski definition) is 3. The average molecular weight is 528 g/mol. The van der Waals surface area contributed by atoms with Gasteiger partial charge < -0.3 is 16.0 Å². The summed E-state index contributed by atoms with van der Waals surface area (Å²) in [6.07, 6.45) is 2.06. The van der Waals surface area contributed by atoms with Crippen molar-refractivity contribution in [1.29, 1.82) is 0 Å². The zero-order chi connectivity index (χ0) is 27.9. The molecule has 3 aromatic rings. The Morgan fingerprint density at radius 1 is 0.590 bits per heavy atom. The van der Waals surface area contributed by atoms with Crippen molar-refractivity contribution in [3.63, 3.8) is 0 Å². The maximum Gasteiger partial charge on any atom is 0.226 e. The molecule has 3 N–H and O–H groups in total. The van der Waals surface area contributed by atoms with Crippen LogP contribution in [0.5, 0.6) is 0 Å². The molecule has 0 heterocycles. The van der Waals surface area contributed by atoms with Crippen LogP contribution in [0.15, 0.2) is 91.0 Å². The second-order valence-corrected chi connectivity index (χ2v) is 10.4. The van der Waals surface area contributed by atoms with Gasteiger partial charge in [-0.25, -0.2) is 0 Å². The van der Waals surface area contributed by atoms with E-state index in [0.717, 1.165) is 16.7 Å². The molecule has 0 fully saturated rings. The second-order valence-electron chi connectivity index (χ2n) is 10.4. The van der Waals surface area contributed by atoms with E-state index in [-0.39, 0.29) is 30.1 Å². The highest BCUT2D eigenvalue weighted by atomic mass is 16.2. The Hall–Kier alpha value is -3.93. The molecule has 0 aliphatic rings. The van der Waals surface area contributed by atoms with Crippen LogP contribution in [0.4, 0.5) is 0 Å². The topological polar surface area (TPSA) is 87.3 Å². The predicted octanol–water partition coefficient (Wildman–Crippen LogP) is 5.53. The van der Waals surface area contributed by atoms with Gasteiger partial charge in [-0.15, -0.1) is 0 Å². The lowest BCUT2D eigenvalue weighted by Crippen LogP contribution is -2.45. The van der Waals surface area contributed by atoms with E-state index < -0.39 is 5.41 Å². The summed E-state index contributed by atoms with van der Waals surface area (Å²) in [6.45, 7) is 5.41. The number of benzene rings is 3. The van der Waals surface area contributed by atoms with Crippen molar-refractivity contribution in [3.8, 4) is 0 Å². The molecule has 3 aromatic carbocycles. The quantitative estimate of drug-likeness (QED) is 0.243. The van der Waals surface area contributed by atoms with Gasteiger partial charge in [0.2, 0.25) is 17.7 Å². The van der Waals surface area contributed by atoms with Gasteiger partial charge in [0.25, 0.3) is 0 Å². The van der Waals surface area contributed by atoms with Crippen LogP contribution in [-0.2, 0) is 34.0 Å². The van der Waals surface area contributed by atoms with E-state index in [1.807, 2.05) is 105 Å². The molecule has 0 saturated carbocycles. The van der Waals surface area contributed by atoms with E-state index in [1.165, 1.54) is 0 Å². The fraction of sp³-hybridized carbons (Fsp3) is 0.364. The van der Waals surface area contributed by atoms with E-state index >= 15 is 0 Å². The molecule has 3 rings (SSSR count). The molecule has 0 aliphatic heterocycles. The first kappa shape index (κ1) is 29.6. The first-order chi connectivity index (χ1) is 18.9. The molecule has 1 unspecified atom stereocenters. The third-order valence-corrected chi connectivity index (χ3v) is 7.34. The summed E-state index contributed by atoms with van der Waals surface area (Å²) >= 11 is 0. The summed E-state index contributed by atoms with van der Waals surface area (Å²) in [6, 6.07) is 29.4. The number of rotatable bonds is 15. The van der Waals surface area contributed by atoms with E-state index in [4.69, 9.17) is 0 Å². The van der Waals surface area contributed by atoms with Crippen molar-refractivity contribution in [1.82, 2.24) is 16.0 Å². The first-order valence-electron chi connectivity index (χ1n) is 13.8. The van der Waals surface area contributed by atoms with Gasteiger partial charge in [0.1, 0.15) is 0 Å². The fourth-order valence-electron chi connectivity index (χ4n) is 4.82. The van der Waals surface area contributed by atoms with Crippen LogP contribution >= 0.6 is 0 Å². The van der Waals surface area contributed by atoms with Crippen molar-refractivity contribution >= 4 is 17.7 Å². The van der Waals surface area contributed by atoms with Gasteiger partial charge in [-0.05, 0) is 41.9 Å². The maximum absolute atomic E-state index is 13.7. The Kier molecular flexibility index (Phi) is 11.8. The van der Waals surface area contributed by atoms with E-state index in [1.54, 1.807) is 0 Å². The highest BCUT2D eigenvalue weighted by molar-refractivity contribution is 5.84. The third-order valence-electron chi connectivity index (χ3n) is 7.34. The van der Waals surface area contributed by atoms with Gasteiger partial charge in [0.15, 0.2) is 0 Å². The SMILES string of the molecule is CC(C)C(CCCC(=O)NCc1ccccc1)(CCC(=O)NCc1ccccc1)C(=O)NCc1ccccc1. The highest BCUT2D eigenvalue weighted by Crippen LogP contribution is 2.39. The number of nitrogens with one attached hydrogen (secondary N) is 3. The normalized spacial score (nSPS) is 12.4. The Balaban J connectivity index is 1.62. The molecule has 3 amide bonds. The van der Waals surface area contributed by atoms with Crippen LogP contribution < -0.4 is 16.0 Å². The molecular formula is C33H41N3O3.